The predicted octanol–water partition coefficient (Wildman–Crippen LogP) is 3.97. The van der Waals surface area contributed by atoms with Crippen LogP contribution in [0.2, 0.25) is 0 Å². The molecule has 3 nitrogen and oxygen atoms in total. The standard InChI is InChI=1S/C13H8F6O3/c14-12(15,16)7-3-6(4-8(5-7)13(17,18)19)9-1-2-10(22-9)11(20)21/h1-5,11,20-21H. The van der Waals surface area contributed by atoms with Crippen molar-refractivity contribution < 1.29 is 41.0 Å². The zero-order valence-electron chi connectivity index (χ0n) is 10.5. The number of hydrogen-bond donors (Lipinski definition) is 2. The summed E-state index contributed by atoms with van der Waals surface area (Å²) in [5, 5.41) is 17.7. The Morgan fingerprint density at radius 2 is 1.32 bits per heavy atom. The van der Waals surface area contributed by atoms with Crippen molar-refractivity contribution in [3.63, 3.8) is 0 Å². The Labute approximate surface area is 119 Å². The molecule has 0 aliphatic carbocycles. The summed E-state index contributed by atoms with van der Waals surface area (Å²) < 4.78 is 81.1. The zero-order chi connectivity index (χ0) is 16.7. The first-order chi connectivity index (χ1) is 9.98. The molecule has 0 saturated carbocycles. The molecule has 0 fully saturated rings. The molecule has 0 amide bonds. The van der Waals surface area contributed by atoms with Crippen LogP contribution in [0.15, 0.2) is 34.7 Å². The fourth-order valence-corrected chi connectivity index (χ4v) is 1.74. The maximum absolute atomic E-state index is 12.7. The SMILES string of the molecule is OC(O)c1ccc(-c2cc(C(F)(F)F)cc(C(F)(F)F)c2)o1. The van der Waals surface area contributed by atoms with E-state index in [2.05, 4.69) is 0 Å². The molecule has 2 N–H and O–H groups in total. The van der Waals surface area contributed by atoms with Gasteiger partial charge >= 0.3 is 12.4 Å². The minimum absolute atomic E-state index is 0.00571. The van der Waals surface area contributed by atoms with E-state index in [4.69, 9.17) is 14.6 Å². The first-order valence-corrected chi connectivity index (χ1v) is 5.74. The highest BCUT2D eigenvalue weighted by Crippen LogP contribution is 2.39. The lowest BCUT2D eigenvalue weighted by atomic mass is 10.0. The lowest BCUT2D eigenvalue weighted by Crippen LogP contribution is -2.11. The Balaban J connectivity index is 2.59. The highest BCUT2D eigenvalue weighted by Gasteiger charge is 2.37. The number of benzene rings is 1. The summed E-state index contributed by atoms with van der Waals surface area (Å²) in [6.07, 6.45) is -12.0. The number of aliphatic hydroxyl groups is 2. The lowest BCUT2D eigenvalue weighted by Gasteiger charge is -2.13. The van der Waals surface area contributed by atoms with Gasteiger partial charge in [0, 0.05) is 5.56 Å². The van der Waals surface area contributed by atoms with Crippen LogP contribution < -0.4 is 0 Å². The number of alkyl halides is 6. The van der Waals surface area contributed by atoms with Crippen LogP contribution in [0.25, 0.3) is 11.3 Å². The Morgan fingerprint density at radius 1 is 0.818 bits per heavy atom. The van der Waals surface area contributed by atoms with E-state index in [1.165, 1.54) is 0 Å². The zero-order valence-corrected chi connectivity index (χ0v) is 10.5. The van der Waals surface area contributed by atoms with Gasteiger partial charge in [-0.1, -0.05) is 0 Å². The molecule has 0 radical (unpaired) electrons. The number of furan rings is 1. The van der Waals surface area contributed by atoms with Gasteiger partial charge in [0.2, 0.25) is 6.29 Å². The van der Waals surface area contributed by atoms with E-state index in [-0.39, 0.29) is 11.8 Å². The van der Waals surface area contributed by atoms with Crippen LogP contribution in [0, 0.1) is 0 Å². The van der Waals surface area contributed by atoms with E-state index in [1.807, 2.05) is 0 Å². The van der Waals surface area contributed by atoms with Crippen molar-refractivity contribution in [1.29, 1.82) is 0 Å². The maximum atomic E-state index is 12.7. The van der Waals surface area contributed by atoms with E-state index in [1.54, 1.807) is 0 Å². The third-order valence-electron chi connectivity index (χ3n) is 2.75. The molecule has 0 aliphatic rings. The first kappa shape index (κ1) is 16.4. The Hall–Kier alpha value is -2.00. The van der Waals surface area contributed by atoms with Crippen LogP contribution >= 0.6 is 0 Å². The second-order valence-electron chi connectivity index (χ2n) is 4.37. The van der Waals surface area contributed by atoms with Crippen molar-refractivity contribution in [2.75, 3.05) is 0 Å². The molecule has 120 valence electrons. The molecule has 0 spiro atoms. The van der Waals surface area contributed by atoms with Gasteiger partial charge in [0.15, 0.2) is 5.76 Å². The summed E-state index contributed by atoms with van der Waals surface area (Å²) in [4.78, 5) is 0. The quantitative estimate of drug-likeness (QED) is 0.649. The van der Waals surface area contributed by atoms with E-state index in [0.29, 0.717) is 12.1 Å². The fraction of sp³-hybridized carbons (Fsp3) is 0.231. The molecule has 2 aromatic rings. The smallest absolute Gasteiger partial charge is 0.416 e. The predicted molar refractivity (Wildman–Crippen MR) is 61.3 cm³/mol. The molecule has 0 saturated heterocycles. The fourth-order valence-electron chi connectivity index (χ4n) is 1.74. The van der Waals surface area contributed by atoms with Gasteiger partial charge in [-0.2, -0.15) is 26.3 Å². The summed E-state index contributed by atoms with van der Waals surface area (Å²) in [6, 6.07) is 3.05. The van der Waals surface area contributed by atoms with Crippen molar-refractivity contribution in [2.24, 2.45) is 0 Å². The maximum Gasteiger partial charge on any atom is 0.416 e. The molecule has 9 heteroatoms. The van der Waals surface area contributed by atoms with Gasteiger partial charge in [0.1, 0.15) is 5.76 Å². The van der Waals surface area contributed by atoms with Gasteiger partial charge in [-0.05, 0) is 30.3 Å². The monoisotopic (exact) mass is 326 g/mol. The Morgan fingerprint density at radius 3 is 1.68 bits per heavy atom. The van der Waals surface area contributed by atoms with Crippen molar-refractivity contribution >= 4 is 0 Å². The summed E-state index contributed by atoms with van der Waals surface area (Å²) in [7, 11) is 0. The molecule has 0 unspecified atom stereocenters. The van der Waals surface area contributed by atoms with Crippen LogP contribution in [-0.2, 0) is 12.4 Å². The second-order valence-corrected chi connectivity index (χ2v) is 4.37. The first-order valence-electron chi connectivity index (χ1n) is 5.74. The largest absolute Gasteiger partial charge is 0.456 e. The third kappa shape index (κ3) is 3.42. The summed E-state index contributed by atoms with van der Waals surface area (Å²) >= 11 is 0. The van der Waals surface area contributed by atoms with Gasteiger partial charge in [-0.25, -0.2) is 0 Å². The van der Waals surface area contributed by atoms with Gasteiger partial charge in [-0.3, -0.25) is 0 Å². The second kappa shape index (κ2) is 5.33. The van der Waals surface area contributed by atoms with Crippen LogP contribution in [0.1, 0.15) is 23.2 Å². The van der Waals surface area contributed by atoms with Crippen molar-refractivity contribution in [2.45, 2.75) is 18.6 Å². The molecular weight excluding hydrogens is 318 g/mol. The van der Waals surface area contributed by atoms with Gasteiger partial charge in [0.05, 0.1) is 11.1 Å². The van der Waals surface area contributed by atoms with E-state index in [0.717, 1.165) is 12.1 Å². The van der Waals surface area contributed by atoms with Crippen LogP contribution in [0.5, 0.6) is 0 Å². The number of aliphatic hydroxyl groups excluding tert-OH is 1. The highest BCUT2D eigenvalue weighted by atomic mass is 19.4. The van der Waals surface area contributed by atoms with Gasteiger partial charge in [-0.15, -0.1) is 0 Å². The molecule has 1 aromatic heterocycles. The third-order valence-corrected chi connectivity index (χ3v) is 2.75. The van der Waals surface area contributed by atoms with Crippen LogP contribution in [0.4, 0.5) is 26.3 Å². The molecule has 1 heterocycles. The molecule has 22 heavy (non-hydrogen) atoms. The summed E-state index contributed by atoms with van der Waals surface area (Å²) in [5.41, 5.74) is -3.45. The summed E-state index contributed by atoms with van der Waals surface area (Å²) in [6.45, 7) is 0. The van der Waals surface area contributed by atoms with Crippen molar-refractivity contribution in [1.82, 2.24) is 0 Å². The highest BCUT2D eigenvalue weighted by molar-refractivity contribution is 5.61. The average Bonchev–Trinajstić information content (AvgIpc) is 2.85. The minimum Gasteiger partial charge on any atom is -0.456 e. The Kier molecular flexibility index (Phi) is 3.96. The molecule has 0 bridgehead atoms. The van der Waals surface area contributed by atoms with Crippen LogP contribution in [0.3, 0.4) is 0 Å². The molecule has 2 rings (SSSR count). The molecule has 0 aliphatic heterocycles. The Bertz CT molecular complexity index is 637. The number of halogens is 6. The van der Waals surface area contributed by atoms with E-state index in [9.17, 15) is 26.3 Å². The molecule has 0 atom stereocenters. The normalized spacial score (nSPS) is 13.0. The van der Waals surface area contributed by atoms with E-state index >= 15 is 0 Å². The lowest BCUT2D eigenvalue weighted by molar-refractivity contribution is -0.143. The molecule has 1 aromatic carbocycles. The van der Waals surface area contributed by atoms with Gasteiger partial charge < -0.3 is 14.6 Å². The van der Waals surface area contributed by atoms with Crippen molar-refractivity contribution in [3.05, 3.63) is 47.2 Å². The van der Waals surface area contributed by atoms with Crippen molar-refractivity contribution in [3.8, 4) is 11.3 Å². The van der Waals surface area contributed by atoms with E-state index < -0.39 is 41.1 Å². The average molecular weight is 326 g/mol. The summed E-state index contributed by atoms with van der Waals surface area (Å²) in [5.74, 6) is -0.749. The number of rotatable bonds is 2. The topological polar surface area (TPSA) is 53.6 Å². The minimum atomic E-state index is -4.97. The van der Waals surface area contributed by atoms with Gasteiger partial charge in [0.25, 0.3) is 0 Å². The number of hydrogen-bond acceptors (Lipinski definition) is 3. The van der Waals surface area contributed by atoms with Crippen LogP contribution in [-0.4, -0.2) is 10.2 Å². The molecular formula is C13H8F6O3.